The maximum absolute atomic E-state index is 12.3. The van der Waals surface area contributed by atoms with Crippen molar-refractivity contribution in [2.45, 2.75) is 13.5 Å². The van der Waals surface area contributed by atoms with Crippen LogP contribution in [0.1, 0.15) is 16.3 Å². The maximum atomic E-state index is 12.3. The summed E-state index contributed by atoms with van der Waals surface area (Å²) in [5, 5.41) is 3.74. The molecule has 126 valence electrons. The number of piperazine rings is 1. The van der Waals surface area contributed by atoms with Gasteiger partial charge in [-0.2, -0.15) is 0 Å². The molecule has 0 spiro atoms. The van der Waals surface area contributed by atoms with E-state index < -0.39 is 0 Å². The number of thiazole rings is 1. The number of nitrogens with zero attached hydrogens (tertiary/aromatic N) is 3. The van der Waals surface area contributed by atoms with Gasteiger partial charge in [0.05, 0.1) is 10.7 Å². The number of carbonyl (C=O) groups is 1. The van der Waals surface area contributed by atoms with E-state index in [4.69, 9.17) is 11.6 Å². The fourth-order valence-electron chi connectivity index (χ4n) is 2.74. The van der Waals surface area contributed by atoms with E-state index >= 15 is 0 Å². The van der Waals surface area contributed by atoms with E-state index in [1.807, 2.05) is 35.4 Å². The molecule has 1 aliphatic rings. The van der Waals surface area contributed by atoms with Crippen LogP contribution in [0.25, 0.3) is 6.08 Å². The van der Waals surface area contributed by atoms with E-state index in [1.165, 1.54) is 5.56 Å². The van der Waals surface area contributed by atoms with Gasteiger partial charge in [-0.3, -0.25) is 9.69 Å². The summed E-state index contributed by atoms with van der Waals surface area (Å²) in [6.07, 6.45) is 3.42. The molecule has 1 amide bonds. The SMILES string of the molecule is Cc1nc(/C=C/C(=O)N2CCN(Cc3cccc(Cl)c3)CC2)cs1. The third kappa shape index (κ3) is 4.66. The predicted molar refractivity (Wildman–Crippen MR) is 99.2 cm³/mol. The largest absolute Gasteiger partial charge is 0.337 e. The molecule has 1 saturated heterocycles. The Balaban J connectivity index is 1.49. The molecule has 1 aromatic heterocycles. The van der Waals surface area contributed by atoms with E-state index in [2.05, 4.69) is 16.0 Å². The molecule has 4 nitrogen and oxygen atoms in total. The molecule has 0 radical (unpaired) electrons. The van der Waals surface area contributed by atoms with Crippen LogP contribution in [0.15, 0.2) is 35.7 Å². The molecule has 0 bridgehead atoms. The highest BCUT2D eigenvalue weighted by atomic mass is 35.5. The van der Waals surface area contributed by atoms with Gasteiger partial charge in [0.15, 0.2) is 0 Å². The van der Waals surface area contributed by atoms with Crippen molar-refractivity contribution < 1.29 is 4.79 Å². The summed E-state index contributed by atoms with van der Waals surface area (Å²) in [6, 6.07) is 7.94. The smallest absolute Gasteiger partial charge is 0.246 e. The van der Waals surface area contributed by atoms with Crippen molar-refractivity contribution in [2.24, 2.45) is 0 Å². The van der Waals surface area contributed by atoms with Crippen molar-refractivity contribution in [1.29, 1.82) is 0 Å². The predicted octanol–water partition coefficient (Wildman–Crippen LogP) is 3.46. The second-order valence-electron chi connectivity index (χ2n) is 5.86. The van der Waals surface area contributed by atoms with Gasteiger partial charge in [0.25, 0.3) is 0 Å². The highest BCUT2D eigenvalue weighted by Crippen LogP contribution is 2.14. The Morgan fingerprint density at radius 1 is 1.33 bits per heavy atom. The van der Waals surface area contributed by atoms with E-state index in [1.54, 1.807) is 23.5 Å². The summed E-state index contributed by atoms with van der Waals surface area (Å²) < 4.78 is 0. The van der Waals surface area contributed by atoms with Gasteiger partial charge in [-0.15, -0.1) is 11.3 Å². The van der Waals surface area contributed by atoms with E-state index in [9.17, 15) is 4.79 Å². The summed E-state index contributed by atoms with van der Waals surface area (Å²) in [7, 11) is 0. The number of rotatable bonds is 4. The van der Waals surface area contributed by atoms with Gasteiger partial charge in [0, 0.05) is 49.2 Å². The molecule has 2 heterocycles. The minimum absolute atomic E-state index is 0.0584. The number of aryl methyl sites for hydroxylation is 1. The van der Waals surface area contributed by atoms with Crippen LogP contribution < -0.4 is 0 Å². The van der Waals surface area contributed by atoms with E-state index in [0.717, 1.165) is 48.4 Å². The third-order valence-electron chi connectivity index (χ3n) is 4.01. The lowest BCUT2D eigenvalue weighted by Gasteiger charge is -2.34. The average Bonchev–Trinajstić information content (AvgIpc) is 2.99. The quantitative estimate of drug-likeness (QED) is 0.782. The molecule has 0 unspecified atom stereocenters. The van der Waals surface area contributed by atoms with Gasteiger partial charge >= 0.3 is 0 Å². The average molecular weight is 362 g/mol. The summed E-state index contributed by atoms with van der Waals surface area (Å²) in [5.74, 6) is 0.0584. The highest BCUT2D eigenvalue weighted by Gasteiger charge is 2.19. The standard InChI is InChI=1S/C18H20ClN3OS/c1-14-20-17(13-24-14)5-6-18(23)22-9-7-21(8-10-22)12-15-3-2-4-16(19)11-15/h2-6,11,13H,7-10,12H2,1H3/b6-5+. The molecule has 3 rings (SSSR count). The zero-order valence-corrected chi connectivity index (χ0v) is 15.2. The van der Waals surface area contributed by atoms with Crippen LogP contribution in [0.2, 0.25) is 5.02 Å². The molecule has 6 heteroatoms. The third-order valence-corrected chi connectivity index (χ3v) is 5.04. The Bertz CT molecular complexity index is 735. The van der Waals surface area contributed by atoms with Crippen molar-refractivity contribution in [2.75, 3.05) is 26.2 Å². The number of aromatic nitrogens is 1. The van der Waals surface area contributed by atoms with E-state index in [0.29, 0.717) is 0 Å². The van der Waals surface area contributed by atoms with Gasteiger partial charge < -0.3 is 4.90 Å². The first-order valence-corrected chi connectivity index (χ1v) is 9.22. The van der Waals surface area contributed by atoms with Gasteiger partial charge in [-0.05, 0) is 30.7 Å². The fourth-order valence-corrected chi connectivity index (χ4v) is 3.53. The van der Waals surface area contributed by atoms with Gasteiger partial charge in [0.1, 0.15) is 0 Å². The van der Waals surface area contributed by atoms with Crippen molar-refractivity contribution in [1.82, 2.24) is 14.8 Å². The fraction of sp³-hybridized carbons (Fsp3) is 0.333. The van der Waals surface area contributed by atoms with Crippen LogP contribution in [0.4, 0.5) is 0 Å². The number of halogens is 1. The first kappa shape index (κ1) is 17.1. The first-order chi connectivity index (χ1) is 11.6. The monoisotopic (exact) mass is 361 g/mol. The molecule has 0 N–H and O–H groups in total. The van der Waals surface area contributed by atoms with Crippen LogP contribution >= 0.6 is 22.9 Å². The van der Waals surface area contributed by atoms with Crippen LogP contribution in [-0.2, 0) is 11.3 Å². The molecule has 0 aliphatic carbocycles. The second-order valence-corrected chi connectivity index (χ2v) is 7.35. The van der Waals surface area contributed by atoms with Gasteiger partial charge in [0.2, 0.25) is 5.91 Å². The summed E-state index contributed by atoms with van der Waals surface area (Å²) in [6.45, 7) is 6.09. The number of amides is 1. The van der Waals surface area contributed by atoms with Crippen LogP contribution in [0, 0.1) is 6.92 Å². The summed E-state index contributed by atoms with van der Waals surface area (Å²) >= 11 is 7.62. The summed E-state index contributed by atoms with van der Waals surface area (Å²) in [5.41, 5.74) is 2.06. The lowest BCUT2D eigenvalue weighted by molar-refractivity contribution is -0.127. The van der Waals surface area contributed by atoms with E-state index in [-0.39, 0.29) is 5.91 Å². The molecule has 1 aromatic carbocycles. The van der Waals surface area contributed by atoms with Crippen molar-refractivity contribution in [3.8, 4) is 0 Å². The Kier molecular flexibility index (Phi) is 5.66. The second kappa shape index (κ2) is 7.92. The van der Waals surface area contributed by atoms with Gasteiger partial charge in [-0.25, -0.2) is 4.98 Å². The maximum Gasteiger partial charge on any atom is 0.246 e. The zero-order chi connectivity index (χ0) is 16.9. The lowest BCUT2D eigenvalue weighted by atomic mass is 10.2. The lowest BCUT2D eigenvalue weighted by Crippen LogP contribution is -2.47. The summed E-state index contributed by atoms with van der Waals surface area (Å²) in [4.78, 5) is 20.8. The molecular weight excluding hydrogens is 342 g/mol. The van der Waals surface area contributed by atoms with Crippen LogP contribution in [-0.4, -0.2) is 46.9 Å². The Morgan fingerprint density at radius 3 is 2.79 bits per heavy atom. The Morgan fingerprint density at radius 2 is 2.12 bits per heavy atom. The molecular formula is C18H20ClN3OS. The molecule has 0 saturated carbocycles. The molecule has 0 atom stereocenters. The van der Waals surface area contributed by atoms with Crippen LogP contribution in [0.5, 0.6) is 0 Å². The highest BCUT2D eigenvalue weighted by molar-refractivity contribution is 7.09. The van der Waals surface area contributed by atoms with Crippen molar-refractivity contribution in [3.05, 3.63) is 57.0 Å². The molecule has 1 fully saturated rings. The zero-order valence-electron chi connectivity index (χ0n) is 13.6. The topological polar surface area (TPSA) is 36.4 Å². The molecule has 24 heavy (non-hydrogen) atoms. The number of hydrogen-bond donors (Lipinski definition) is 0. The minimum atomic E-state index is 0.0584. The number of benzene rings is 1. The normalized spacial score (nSPS) is 16.0. The Labute approximate surface area is 151 Å². The molecule has 2 aromatic rings. The van der Waals surface area contributed by atoms with Crippen molar-refractivity contribution in [3.63, 3.8) is 0 Å². The number of carbonyl (C=O) groups excluding carboxylic acids is 1. The Hall–Kier alpha value is -1.69. The molecule has 1 aliphatic heterocycles. The number of hydrogen-bond acceptors (Lipinski definition) is 4. The van der Waals surface area contributed by atoms with Crippen molar-refractivity contribution >= 4 is 34.9 Å². The van der Waals surface area contributed by atoms with Gasteiger partial charge in [-0.1, -0.05) is 23.7 Å². The minimum Gasteiger partial charge on any atom is -0.337 e. The first-order valence-electron chi connectivity index (χ1n) is 7.96. The van der Waals surface area contributed by atoms with Crippen LogP contribution in [0.3, 0.4) is 0 Å².